The van der Waals surface area contributed by atoms with Crippen molar-refractivity contribution in [2.24, 2.45) is 0 Å². The Morgan fingerprint density at radius 3 is 2.74 bits per heavy atom. The van der Waals surface area contributed by atoms with Gasteiger partial charge in [0, 0.05) is 24.8 Å². The van der Waals surface area contributed by atoms with Crippen molar-refractivity contribution in [3.05, 3.63) is 48.3 Å². The largest absolute Gasteiger partial charge is 0.396 e. The first-order valence-electron chi connectivity index (χ1n) is 8.07. The maximum atomic E-state index is 12.1. The van der Waals surface area contributed by atoms with Gasteiger partial charge in [-0.05, 0) is 43.9 Å². The lowest BCUT2D eigenvalue weighted by Crippen LogP contribution is -2.46. The standard InChI is InChI=1S/C18H25N3O2/c1-3-18(2,11-12-22)20-17(23)10-9-15-13-19-21(14-15)16-7-5-4-6-8-16/h4-8,13-14,22H,3,9-12H2,1-2H3,(H,20,23). The van der Waals surface area contributed by atoms with E-state index in [1.807, 2.05) is 55.1 Å². The number of para-hydroxylation sites is 1. The fraction of sp³-hybridized carbons (Fsp3) is 0.444. The number of aromatic nitrogens is 2. The number of hydrogen-bond donors (Lipinski definition) is 2. The number of hydrogen-bond acceptors (Lipinski definition) is 3. The lowest BCUT2D eigenvalue weighted by atomic mass is 9.94. The van der Waals surface area contributed by atoms with Gasteiger partial charge in [-0.15, -0.1) is 0 Å². The van der Waals surface area contributed by atoms with Gasteiger partial charge in [-0.2, -0.15) is 5.10 Å². The van der Waals surface area contributed by atoms with Crippen molar-refractivity contribution in [1.29, 1.82) is 0 Å². The molecule has 5 nitrogen and oxygen atoms in total. The van der Waals surface area contributed by atoms with Gasteiger partial charge < -0.3 is 10.4 Å². The van der Waals surface area contributed by atoms with Gasteiger partial charge in [-0.1, -0.05) is 25.1 Å². The Kier molecular flexibility index (Phi) is 5.93. The molecule has 1 heterocycles. The topological polar surface area (TPSA) is 67.2 Å². The average molecular weight is 315 g/mol. The molecule has 0 saturated heterocycles. The summed E-state index contributed by atoms with van der Waals surface area (Å²) in [5, 5.41) is 16.5. The van der Waals surface area contributed by atoms with E-state index >= 15 is 0 Å². The van der Waals surface area contributed by atoms with Crippen molar-refractivity contribution in [2.75, 3.05) is 6.61 Å². The zero-order chi connectivity index (χ0) is 16.7. The van der Waals surface area contributed by atoms with Crippen molar-refractivity contribution in [2.45, 2.75) is 45.1 Å². The second-order valence-corrected chi connectivity index (χ2v) is 6.06. The molecule has 1 atom stereocenters. The minimum Gasteiger partial charge on any atom is -0.396 e. The Labute approximate surface area is 137 Å². The Hall–Kier alpha value is -2.14. The number of amides is 1. The maximum absolute atomic E-state index is 12.1. The molecule has 2 N–H and O–H groups in total. The Balaban J connectivity index is 1.89. The van der Waals surface area contributed by atoms with Gasteiger partial charge in [0.15, 0.2) is 0 Å². The van der Waals surface area contributed by atoms with E-state index in [0.29, 0.717) is 19.3 Å². The van der Waals surface area contributed by atoms with Crippen molar-refractivity contribution in [3.8, 4) is 5.69 Å². The molecule has 0 bridgehead atoms. The highest BCUT2D eigenvalue weighted by molar-refractivity contribution is 5.77. The molecule has 2 aromatic rings. The number of rotatable bonds is 8. The first-order chi connectivity index (χ1) is 11.1. The van der Waals surface area contributed by atoms with Crippen LogP contribution in [0.2, 0.25) is 0 Å². The quantitative estimate of drug-likeness (QED) is 0.786. The number of nitrogens with zero attached hydrogens (tertiary/aromatic N) is 2. The van der Waals surface area contributed by atoms with Gasteiger partial charge in [0.05, 0.1) is 11.9 Å². The molecule has 0 aliphatic heterocycles. The number of aliphatic hydroxyl groups excluding tert-OH is 1. The van der Waals surface area contributed by atoms with Crippen LogP contribution in [0, 0.1) is 0 Å². The molecule has 5 heteroatoms. The van der Waals surface area contributed by atoms with E-state index in [2.05, 4.69) is 10.4 Å². The molecule has 0 aliphatic rings. The molecular weight excluding hydrogens is 290 g/mol. The zero-order valence-electron chi connectivity index (χ0n) is 13.8. The first-order valence-corrected chi connectivity index (χ1v) is 8.07. The monoisotopic (exact) mass is 315 g/mol. The predicted octanol–water partition coefficient (Wildman–Crippen LogP) is 2.47. The van der Waals surface area contributed by atoms with Gasteiger partial charge in [-0.25, -0.2) is 4.68 Å². The Bertz CT molecular complexity index is 624. The van der Waals surface area contributed by atoms with Gasteiger partial charge >= 0.3 is 0 Å². The van der Waals surface area contributed by atoms with Crippen LogP contribution in [-0.2, 0) is 11.2 Å². The molecule has 1 amide bonds. The SMILES string of the molecule is CCC(C)(CCO)NC(=O)CCc1cnn(-c2ccccc2)c1. The van der Waals surface area contributed by atoms with E-state index < -0.39 is 0 Å². The summed E-state index contributed by atoms with van der Waals surface area (Å²) in [5.41, 5.74) is 1.70. The number of carbonyl (C=O) groups is 1. The normalized spacial score (nSPS) is 13.5. The van der Waals surface area contributed by atoms with Crippen LogP contribution >= 0.6 is 0 Å². The molecule has 1 aromatic carbocycles. The molecule has 0 fully saturated rings. The number of nitrogens with one attached hydrogen (secondary N) is 1. The van der Waals surface area contributed by atoms with E-state index in [1.165, 1.54) is 0 Å². The van der Waals surface area contributed by atoms with Gasteiger partial charge in [-0.3, -0.25) is 4.79 Å². The molecule has 0 aliphatic carbocycles. The highest BCUT2D eigenvalue weighted by Gasteiger charge is 2.23. The molecule has 23 heavy (non-hydrogen) atoms. The van der Waals surface area contributed by atoms with E-state index in [-0.39, 0.29) is 18.1 Å². The summed E-state index contributed by atoms with van der Waals surface area (Å²) in [7, 11) is 0. The summed E-state index contributed by atoms with van der Waals surface area (Å²) >= 11 is 0. The lowest BCUT2D eigenvalue weighted by Gasteiger charge is -2.29. The van der Waals surface area contributed by atoms with Crippen LogP contribution in [0.5, 0.6) is 0 Å². The van der Waals surface area contributed by atoms with Gasteiger partial charge in [0.1, 0.15) is 0 Å². The molecule has 1 unspecified atom stereocenters. The molecule has 0 spiro atoms. The van der Waals surface area contributed by atoms with Crippen LogP contribution < -0.4 is 5.32 Å². The zero-order valence-corrected chi connectivity index (χ0v) is 13.8. The van der Waals surface area contributed by atoms with E-state index in [9.17, 15) is 4.79 Å². The summed E-state index contributed by atoms with van der Waals surface area (Å²) in [4.78, 5) is 12.1. The van der Waals surface area contributed by atoms with Crippen molar-refractivity contribution in [1.82, 2.24) is 15.1 Å². The van der Waals surface area contributed by atoms with Crippen molar-refractivity contribution >= 4 is 5.91 Å². The molecule has 0 saturated carbocycles. The van der Waals surface area contributed by atoms with Crippen LogP contribution in [-0.4, -0.2) is 32.9 Å². The fourth-order valence-electron chi connectivity index (χ4n) is 2.44. The van der Waals surface area contributed by atoms with E-state index in [4.69, 9.17) is 5.11 Å². The number of aliphatic hydroxyl groups is 1. The smallest absolute Gasteiger partial charge is 0.220 e. The summed E-state index contributed by atoms with van der Waals surface area (Å²) in [5.74, 6) is 0.00950. The third-order valence-electron chi connectivity index (χ3n) is 4.18. The third-order valence-corrected chi connectivity index (χ3v) is 4.18. The molecule has 1 aromatic heterocycles. The number of benzene rings is 1. The van der Waals surface area contributed by atoms with E-state index in [1.54, 1.807) is 6.20 Å². The summed E-state index contributed by atoms with van der Waals surface area (Å²) in [6.07, 6.45) is 6.19. The fourth-order valence-corrected chi connectivity index (χ4v) is 2.44. The summed E-state index contributed by atoms with van der Waals surface area (Å²) < 4.78 is 1.81. The third kappa shape index (κ3) is 4.93. The van der Waals surface area contributed by atoms with Crippen molar-refractivity contribution in [3.63, 3.8) is 0 Å². The lowest BCUT2D eigenvalue weighted by molar-refractivity contribution is -0.123. The molecule has 2 rings (SSSR count). The Morgan fingerprint density at radius 2 is 2.09 bits per heavy atom. The average Bonchev–Trinajstić information content (AvgIpc) is 3.03. The molecular formula is C18H25N3O2. The van der Waals surface area contributed by atoms with Crippen LogP contribution in [0.3, 0.4) is 0 Å². The number of carbonyl (C=O) groups excluding carboxylic acids is 1. The van der Waals surface area contributed by atoms with E-state index in [0.717, 1.165) is 17.7 Å². The second-order valence-electron chi connectivity index (χ2n) is 6.06. The second kappa shape index (κ2) is 7.92. The number of aryl methyl sites for hydroxylation is 1. The maximum Gasteiger partial charge on any atom is 0.220 e. The Morgan fingerprint density at radius 1 is 1.35 bits per heavy atom. The highest BCUT2D eigenvalue weighted by atomic mass is 16.3. The minimum atomic E-state index is -0.333. The minimum absolute atomic E-state index is 0.00950. The first kappa shape index (κ1) is 17.2. The molecule has 124 valence electrons. The van der Waals surface area contributed by atoms with Crippen LogP contribution in [0.15, 0.2) is 42.7 Å². The summed E-state index contributed by atoms with van der Waals surface area (Å²) in [6.45, 7) is 4.06. The predicted molar refractivity (Wildman–Crippen MR) is 90.4 cm³/mol. The van der Waals surface area contributed by atoms with Crippen LogP contribution in [0.4, 0.5) is 0 Å². The summed E-state index contributed by atoms with van der Waals surface area (Å²) in [6, 6.07) is 9.89. The highest BCUT2D eigenvalue weighted by Crippen LogP contribution is 2.14. The van der Waals surface area contributed by atoms with Gasteiger partial charge in [0.25, 0.3) is 0 Å². The van der Waals surface area contributed by atoms with Gasteiger partial charge in [0.2, 0.25) is 5.91 Å². The van der Waals surface area contributed by atoms with Crippen molar-refractivity contribution < 1.29 is 9.90 Å². The van der Waals surface area contributed by atoms with Crippen LogP contribution in [0.1, 0.15) is 38.7 Å². The van der Waals surface area contributed by atoms with Crippen LogP contribution in [0.25, 0.3) is 5.69 Å². The molecule has 0 radical (unpaired) electrons.